The van der Waals surface area contributed by atoms with Gasteiger partial charge in [-0.05, 0) is 37.1 Å². The summed E-state index contributed by atoms with van der Waals surface area (Å²) in [5.74, 6) is 0.128. The molecule has 0 spiro atoms. The van der Waals surface area contributed by atoms with Gasteiger partial charge in [-0.25, -0.2) is 4.98 Å². The number of anilines is 1. The molecule has 0 aliphatic carbocycles. The van der Waals surface area contributed by atoms with Gasteiger partial charge in [0.2, 0.25) is 11.9 Å². The van der Waals surface area contributed by atoms with E-state index in [1.807, 2.05) is 50.2 Å². The number of fused-ring (bicyclic) bond motifs is 1. The van der Waals surface area contributed by atoms with Gasteiger partial charge in [-0.1, -0.05) is 36.4 Å². The summed E-state index contributed by atoms with van der Waals surface area (Å²) in [7, 11) is 0. The molecule has 1 heterocycles. The zero-order valence-electron chi connectivity index (χ0n) is 14.2. The summed E-state index contributed by atoms with van der Waals surface area (Å²) in [5.41, 5.74) is 7.90. The Balaban J connectivity index is 1.80. The molecular formula is C19H20N4O2. The summed E-state index contributed by atoms with van der Waals surface area (Å²) in [6.45, 7) is 4.28. The maximum atomic E-state index is 12.5. The average Bonchev–Trinajstić information content (AvgIpc) is 2.62. The first-order chi connectivity index (χ1) is 12.1. The first-order valence-corrected chi connectivity index (χ1v) is 8.19. The van der Waals surface area contributed by atoms with Crippen LogP contribution >= 0.6 is 0 Å². The molecule has 0 unspecified atom stereocenters. The van der Waals surface area contributed by atoms with Gasteiger partial charge in [0.25, 0.3) is 5.56 Å². The van der Waals surface area contributed by atoms with Gasteiger partial charge in [0.15, 0.2) is 0 Å². The number of nitrogens with zero attached hydrogens (tertiary/aromatic N) is 2. The lowest BCUT2D eigenvalue weighted by Gasteiger charge is -2.14. The van der Waals surface area contributed by atoms with Crippen LogP contribution in [-0.2, 0) is 17.8 Å². The second kappa shape index (κ2) is 7.17. The monoisotopic (exact) mass is 336 g/mol. The molecule has 2 aromatic carbocycles. The number of para-hydroxylation sites is 1. The predicted molar refractivity (Wildman–Crippen MR) is 98.3 cm³/mol. The highest BCUT2D eigenvalue weighted by atomic mass is 16.2. The summed E-state index contributed by atoms with van der Waals surface area (Å²) in [6, 6.07) is 14.9. The number of hydrogen-bond donors (Lipinski definition) is 2. The summed E-state index contributed by atoms with van der Waals surface area (Å²) >= 11 is 0. The van der Waals surface area contributed by atoms with Crippen LogP contribution in [0.4, 0.5) is 5.95 Å². The normalized spacial score (nSPS) is 10.6. The molecule has 0 saturated carbocycles. The van der Waals surface area contributed by atoms with Crippen molar-refractivity contribution in [2.45, 2.75) is 26.8 Å². The van der Waals surface area contributed by atoms with Gasteiger partial charge in [0.1, 0.15) is 0 Å². The van der Waals surface area contributed by atoms with Crippen molar-refractivity contribution < 1.29 is 4.79 Å². The quantitative estimate of drug-likeness (QED) is 0.702. The van der Waals surface area contributed by atoms with Gasteiger partial charge in [-0.2, -0.15) is 0 Å². The molecule has 128 valence electrons. The molecule has 0 fully saturated rings. The van der Waals surface area contributed by atoms with E-state index in [1.165, 1.54) is 4.57 Å². The van der Waals surface area contributed by atoms with Gasteiger partial charge >= 0.3 is 0 Å². The van der Waals surface area contributed by atoms with Gasteiger partial charge in [-0.15, -0.1) is 0 Å². The highest BCUT2D eigenvalue weighted by Crippen LogP contribution is 2.11. The molecule has 3 rings (SSSR count). The van der Waals surface area contributed by atoms with Crippen molar-refractivity contribution in [3.63, 3.8) is 0 Å². The number of amides is 1. The van der Waals surface area contributed by atoms with Crippen LogP contribution in [0, 0.1) is 6.92 Å². The predicted octanol–water partition coefficient (Wildman–Crippen LogP) is 2.41. The van der Waals surface area contributed by atoms with E-state index in [9.17, 15) is 9.59 Å². The molecule has 2 N–H and O–H groups in total. The molecule has 1 amide bonds. The first kappa shape index (κ1) is 16.7. The molecule has 0 radical (unpaired) electrons. The molecule has 0 saturated heterocycles. The van der Waals surface area contributed by atoms with E-state index >= 15 is 0 Å². The Bertz CT molecular complexity index is 979. The van der Waals surface area contributed by atoms with Crippen molar-refractivity contribution in [3.05, 3.63) is 70.0 Å². The molecule has 25 heavy (non-hydrogen) atoms. The van der Waals surface area contributed by atoms with E-state index in [-0.39, 0.29) is 17.9 Å². The van der Waals surface area contributed by atoms with E-state index in [4.69, 9.17) is 0 Å². The number of carbonyl (C=O) groups excluding carboxylic acids is 1. The number of nitrogens with one attached hydrogen (secondary N) is 2. The van der Waals surface area contributed by atoms with Crippen molar-refractivity contribution in [2.75, 3.05) is 5.43 Å². The third-order valence-electron chi connectivity index (χ3n) is 4.10. The van der Waals surface area contributed by atoms with Crippen molar-refractivity contribution >= 4 is 22.8 Å². The van der Waals surface area contributed by atoms with E-state index in [2.05, 4.69) is 15.8 Å². The van der Waals surface area contributed by atoms with Gasteiger partial charge in [0, 0.05) is 6.54 Å². The number of hydrazine groups is 1. The van der Waals surface area contributed by atoms with Crippen LogP contribution in [0.15, 0.2) is 53.3 Å². The Labute approximate surface area is 145 Å². The van der Waals surface area contributed by atoms with Crippen molar-refractivity contribution in [1.29, 1.82) is 0 Å². The minimum absolute atomic E-state index is 0.135. The maximum absolute atomic E-state index is 12.5. The largest absolute Gasteiger partial charge is 0.277 e. The topological polar surface area (TPSA) is 76.0 Å². The fourth-order valence-corrected chi connectivity index (χ4v) is 2.71. The lowest BCUT2D eigenvalue weighted by Crippen LogP contribution is -2.35. The molecule has 6 nitrogen and oxygen atoms in total. The Hall–Kier alpha value is -3.15. The Morgan fingerprint density at radius 1 is 1.12 bits per heavy atom. The second-order valence-electron chi connectivity index (χ2n) is 5.78. The number of carbonyl (C=O) groups is 1. The lowest BCUT2D eigenvalue weighted by atomic mass is 10.1. The first-order valence-electron chi connectivity index (χ1n) is 8.19. The van der Waals surface area contributed by atoms with E-state index in [0.717, 1.165) is 11.1 Å². The zero-order valence-corrected chi connectivity index (χ0v) is 14.2. The zero-order chi connectivity index (χ0) is 17.8. The van der Waals surface area contributed by atoms with Crippen molar-refractivity contribution in [3.8, 4) is 0 Å². The average molecular weight is 336 g/mol. The van der Waals surface area contributed by atoms with Gasteiger partial charge < -0.3 is 0 Å². The smallest absolute Gasteiger partial charge is 0.262 e. The standard InChI is InChI=1S/C19H20N4O2/c1-3-23-18(25)15-10-6-7-11-16(15)20-19(23)22-21-17(24)12-14-9-5-4-8-13(14)2/h4-11H,3,12H2,1-2H3,(H,20,22)(H,21,24). The molecule has 1 aromatic heterocycles. The van der Waals surface area contributed by atoms with E-state index < -0.39 is 0 Å². The molecule has 0 aliphatic heterocycles. The van der Waals surface area contributed by atoms with Crippen molar-refractivity contribution in [1.82, 2.24) is 15.0 Å². The highest BCUT2D eigenvalue weighted by molar-refractivity contribution is 5.81. The van der Waals surface area contributed by atoms with Crippen LogP contribution in [0.25, 0.3) is 10.9 Å². The summed E-state index contributed by atoms with van der Waals surface area (Å²) in [4.78, 5) is 29.2. The molecule has 0 bridgehead atoms. The Morgan fingerprint density at radius 3 is 2.60 bits per heavy atom. The van der Waals surface area contributed by atoms with E-state index in [0.29, 0.717) is 23.4 Å². The number of hydrogen-bond acceptors (Lipinski definition) is 4. The van der Waals surface area contributed by atoms with Crippen LogP contribution in [0.2, 0.25) is 0 Å². The van der Waals surface area contributed by atoms with Crippen LogP contribution < -0.4 is 16.4 Å². The van der Waals surface area contributed by atoms with E-state index in [1.54, 1.807) is 12.1 Å². The summed E-state index contributed by atoms with van der Waals surface area (Å²) in [5, 5.41) is 0.557. The fourth-order valence-electron chi connectivity index (χ4n) is 2.71. The van der Waals surface area contributed by atoms with Gasteiger partial charge in [-0.3, -0.25) is 25.0 Å². The number of rotatable bonds is 5. The van der Waals surface area contributed by atoms with Gasteiger partial charge in [0.05, 0.1) is 17.3 Å². The molecule has 0 aliphatic rings. The number of aryl methyl sites for hydroxylation is 1. The Morgan fingerprint density at radius 2 is 1.84 bits per heavy atom. The molecule has 3 aromatic rings. The molecular weight excluding hydrogens is 316 g/mol. The fraction of sp³-hybridized carbons (Fsp3) is 0.211. The minimum atomic E-state index is -0.195. The van der Waals surface area contributed by atoms with Crippen LogP contribution in [-0.4, -0.2) is 15.5 Å². The third kappa shape index (κ3) is 3.52. The van der Waals surface area contributed by atoms with Crippen molar-refractivity contribution in [2.24, 2.45) is 0 Å². The van der Waals surface area contributed by atoms with Crippen LogP contribution in [0.3, 0.4) is 0 Å². The molecule has 6 heteroatoms. The van der Waals surface area contributed by atoms with Crippen LogP contribution in [0.5, 0.6) is 0 Å². The number of benzene rings is 2. The second-order valence-corrected chi connectivity index (χ2v) is 5.78. The number of aromatic nitrogens is 2. The van der Waals surface area contributed by atoms with Crippen LogP contribution in [0.1, 0.15) is 18.1 Å². The maximum Gasteiger partial charge on any atom is 0.262 e. The minimum Gasteiger partial charge on any atom is -0.277 e. The highest BCUT2D eigenvalue weighted by Gasteiger charge is 2.11. The molecule has 0 atom stereocenters. The third-order valence-corrected chi connectivity index (χ3v) is 4.10. The lowest BCUT2D eigenvalue weighted by molar-refractivity contribution is -0.120. The SMILES string of the molecule is CCn1c(NNC(=O)Cc2ccccc2C)nc2ccccc2c1=O. The summed E-state index contributed by atoms with van der Waals surface area (Å²) < 4.78 is 1.50. The summed E-state index contributed by atoms with van der Waals surface area (Å²) in [6.07, 6.45) is 0.254. The Kier molecular flexibility index (Phi) is 4.79.